The van der Waals surface area contributed by atoms with Gasteiger partial charge in [-0.2, -0.15) is 0 Å². The van der Waals surface area contributed by atoms with E-state index in [1.165, 1.54) is 0 Å². The van der Waals surface area contributed by atoms with E-state index in [1.54, 1.807) is 24.8 Å². The topological polar surface area (TPSA) is 30.2 Å². The van der Waals surface area contributed by atoms with Gasteiger partial charge in [-0.25, -0.2) is 0 Å². The highest BCUT2D eigenvalue weighted by atomic mass is 16.3. The van der Waals surface area contributed by atoms with Gasteiger partial charge in [0.15, 0.2) is 0 Å². The molecule has 75 valence electrons. The maximum atomic E-state index is 11.6. The maximum absolute atomic E-state index is 11.6. The van der Waals surface area contributed by atoms with E-state index in [1.807, 2.05) is 30.3 Å². The predicted molar refractivity (Wildman–Crippen MR) is 57.3 cm³/mol. The fourth-order valence-corrected chi connectivity index (χ4v) is 1.37. The molecule has 1 aromatic carbocycles. The van der Waals surface area contributed by atoms with Crippen LogP contribution in [0.1, 0.15) is 11.3 Å². The first-order valence-corrected chi connectivity index (χ1v) is 4.79. The Hall–Kier alpha value is -1.83. The van der Waals surface area contributed by atoms with E-state index in [4.69, 9.17) is 4.42 Å². The van der Waals surface area contributed by atoms with E-state index in [9.17, 15) is 4.79 Å². The van der Waals surface area contributed by atoms with Gasteiger partial charge in [-0.05, 0) is 17.7 Å². The number of benzene rings is 1. The molecule has 0 spiro atoms. The summed E-state index contributed by atoms with van der Waals surface area (Å²) in [4.78, 5) is 11.6. The van der Waals surface area contributed by atoms with Gasteiger partial charge in [0, 0.05) is 0 Å². The van der Waals surface area contributed by atoms with Crippen molar-refractivity contribution in [2.75, 3.05) is 0 Å². The van der Waals surface area contributed by atoms with Crippen molar-refractivity contribution < 1.29 is 9.21 Å². The molecule has 0 unspecified atom stereocenters. The Balaban J connectivity index is 1.94. The van der Waals surface area contributed by atoms with E-state index in [-0.39, 0.29) is 5.78 Å². The Bertz CT molecular complexity index is 415. The lowest BCUT2D eigenvalue weighted by Crippen LogP contribution is -2.03. The van der Waals surface area contributed by atoms with Crippen LogP contribution < -0.4 is 0 Å². The number of furan rings is 1. The van der Waals surface area contributed by atoms with Crippen LogP contribution in [0.2, 0.25) is 0 Å². The normalized spacial score (nSPS) is 10.1. The SMILES string of the molecule is O=C([CH]c1ccccc1)Cc1ccco1. The Morgan fingerprint density at radius 2 is 1.93 bits per heavy atom. The fraction of sp³-hybridized carbons (Fsp3) is 0.0769. The molecule has 15 heavy (non-hydrogen) atoms. The van der Waals surface area contributed by atoms with E-state index in [0.717, 1.165) is 5.56 Å². The number of hydrogen-bond donors (Lipinski definition) is 0. The van der Waals surface area contributed by atoms with Crippen molar-refractivity contribution in [2.24, 2.45) is 0 Å². The molecule has 0 amide bonds. The molecule has 1 heterocycles. The summed E-state index contributed by atoms with van der Waals surface area (Å²) in [5.74, 6) is 0.753. The highest BCUT2D eigenvalue weighted by molar-refractivity contribution is 5.91. The summed E-state index contributed by atoms with van der Waals surface area (Å²) in [7, 11) is 0. The average molecular weight is 199 g/mol. The standard InChI is InChI=1S/C13H11O2/c14-12(10-13-7-4-8-15-13)9-11-5-2-1-3-6-11/h1-9H,10H2. The predicted octanol–water partition coefficient (Wildman–Crippen LogP) is 2.64. The lowest BCUT2D eigenvalue weighted by Gasteiger charge is -1.98. The zero-order valence-electron chi connectivity index (χ0n) is 8.22. The first-order chi connectivity index (χ1) is 7.34. The second-order valence-corrected chi connectivity index (χ2v) is 3.28. The second-order valence-electron chi connectivity index (χ2n) is 3.28. The van der Waals surface area contributed by atoms with Crippen molar-refractivity contribution in [3.05, 3.63) is 66.5 Å². The first-order valence-electron chi connectivity index (χ1n) is 4.79. The number of carbonyl (C=O) groups excluding carboxylic acids is 1. The lowest BCUT2D eigenvalue weighted by atomic mass is 10.1. The van der Waals surface area contributed by atoms with Gasteiger partial charge in [0.25, 0.3) is 0 Å². The van der Waals surface area contributed by atoms with Gasteiger partial charge >= 0.3 is 0 Å². The van der Waals surface area contributed by atoms with Crippen molar-refractivity contribution in [1.82, 2.24) is 0 Å². The minimum Gasteiger partial charge on any atom is -0.469 e. The average Bonchev–Trinajstić information content (AvgIpc) is 2.71. The highest BCUT2D eigenvalue weighted by Crippen LogP contribution is 2.07. The van der Waals surface area contributed by atoms with Crippen LogP contribution in [0.3, 0.4) is 0 Å². The number of carbonyl (C=O) groups is 1. The molecule has 2 nitrogen and oxygen atoms in total. The summed E-state index contributed by atoms with van der Waals surface area (Å²) in [5.41, 5.74) is 0.925. The van der Waals surface area contributed by atoms with E-state index >= 15 is 0 Å². The van der Waals surface area contributed by atoms with Crippen LogP contribution >= 0.6 is 0 Å². The summed E-state index contributed by atoms with van der Waals surface area (Å²) in [5, 5.41) is 0. The zero-order valence-corrected chi connectivity index (χ0v) is 8.22. The molecule has 1 aromatic heterocycles. The molecule has 2 heteroatoms. The van der Waals surface area contributed by atoms with Crippen molar-refractivity contribution >= 4 is 5.78 Å². The molecule has 0 fully saturated rings. The van der Waals surface area contributed by atoms with Gasteiger partial charge in [0.05, 0.1) is 19.1 Å². The van der Waals surface area contributed by atoms with Crippen LogP contribution in [0.5, 0.6) is 0 Å². The summed E-state index contributed by atoms with van der Waals surface area (Å²) in [6.07, 6.45) is 3.52. The molecule has 0 aliphatic carbocycles. The van der Waals surface area contributed by atoms with Gasteiger partial charge in [-0.3, -0.25) is 4.79 Å². The number of rotatable bonds is 4. The second kappa shape index (κ2) is 4.60. The summed E-state index contributed by atoms with van der Waals surface area (Å²) >= 11 is 0. The molecule has 2 rings (SSSR count). The van der Waals surface area contributed by atoms with Crippen molar-refractivity contribution in [3.63, 3.8) is 0 Å². The summed E-state index contributed by atoms with van der Waals surface area (Å²) in [6, 6.07) is 13.1. The minimum atomic E-state index is 0.0520. The molecule has 0 bridgehead atoms. The van der Waals surface area contributed by atoms with Gasteiger partial charge in [0.2, 0.25) is 0 Å². The summed E-state index contributed by atoms with van der Waals surface area (Å²) < 4.78 is 5.10. The lowest BCUT2D eigenvalue weighted by molar-refractivity contribution is -0.115. The van der Waals surface area contributed by atoms with Gasteiger partial charge < -0.3 is 4.42 Å². The van der Waals surface area contributed by atoms with Gasteiger partial charge in [-0.15, -0.1) is 0 Å². The van der Waals surface area contributed by atoms with Crippen LogP contribution in [-0.2, 0) is 11.2 Å². The van der Waals surface area contributed by atoms with Crippen LogP contribution in [0.4, 0.5) is 0 Å². The molecule has 2 aromatic rings. The Kier molecular flexibility index (Phi) is 2.98. The first kappa shape index (κ1) is 9.71. The van der Waals surface area contributed by atoms with E-state index in [0.29, 0.717) is 12.2 Å². The van der Waals surface area contributed by atoms with Crippen LogP contribution in [0.15, 0.2) is 53.1 Å². The van der Waals surface area contributed by atoms with Crippen molar-refractivity contribution in [2.45, 2.75) is 6.42 Å². The molecule has 1 radical (unpaired) electrons. The molecule has 0 N–H and O–H groups in total. The highest BCUT2D eigenvalue weighted by Gasteiger charge is 2.06. The quantitative estimate of drug-likeness (QED) is 0.757. The third-order valence-electron chi connectivity index (χ3n) is 2.06. The maximum Gasteiger partial charge on any atom is 0.148 e. The number of ketones is 1. The molecular weight excluding hydrogens is 188 g/mol. The molecule has 0 saturated carbocycles. The van der Waals surface area contributed by atoms with Crippen molar-refractivity contribution in [3.8, 4) is 0 Å². The van der Waals surface area contributed by atoms with Crippen LogP contribution in [0.25, 0.3) is 0 Å². The largest absolute Gasteiger partial charge is 0.469 e. The molecule has 0 aliphatic heterocycles. The third-order valence-corrected chi connectivity index (χ3v) is 2.06. The van der Waals surface area contributed by atoms with Crippen molar-refractivity contribution in [1.29, 1.82) is 0 Å². The Morgan fingerprint density at radius 3 is 2.60 bits per heavy atom. The summed E-state index contributed by atoms with van der Waals surface area (Å²) in [6.45, 7) is 0. The van der Waals surface area contributed by atoms with Crippen LogP contribution in [0, 0.1) is 6.42 Å². The molecule has 0 saturated heterocycles. The Labute approximate surface area is 88.5 Å². The van der Waals surface area contributed by atoms with E-state index < -0.39 is 0 Å². The number of hydrogen-bond acceptors (Lipinski definition) is 2. The zero-order chi connectivity index (χ0) is 10.5. The number of Topliss-reactive ketones (excluding diaryl/α,β-unsaturated/α-hetero) is 1. The molecule has 0 atom stereocenters. The minimum absolute atomic E-state index is 0.0520. The van der Waals surface area contributed by atoms with Crippen LogP contribution in [-0.4, -0.2) is 5.78 Å². The molecular formula is C13H11O2. The van der Waals surface area contributed by atoms with Gasteiger partial charge in [0.1, 0.15) is 11.5 Å². The Morgan fingerprint density at radius 1 is 1.13 bits per heavy atom. The van der Waals surface area contributed by atoms with Gasteiger partial charge in [-0.1, -0.05) is 30.3 Å². The fourth-order valence-electron chi connectivity index (χ4n) is 1.37. The molecule has 0 aliphatic rings. The monoisotopic (exact) mass is 199 g/mol. The third kappa shape index (κ3) is 2.81. The smallest absolute Gasteiger partial charge is 0.148 e. The van der Waals surface area contributed by atoms with E-state index in [2.05, 4.69) is 0 Å².